The Morgan fingerprint density at radius 2 is 1.35 bits per heavy atom. The van der Waals surface area contributed by atoms with E-state index in [0.29, 0.717) is 38.3 Å². The fraction of sp³-hybridized carbons (Fsp3) is 0.289. The summed E-state index contributed by atoms with van der Waals surface area (Å²) in [5.74, 6) is 0.237. The number of ether oxygens (including phenoxy) is 2. The van der Waals surface area contributed by atoms with E-state index < -0.39 is 18.2 Å². The molecule has 4 aromatic carbocycles. The molecule has 1 aliphatic rings. The zero-order valence-corrected chi connectivity index (χ0v) is 26.0. The van der Waals surface area contributed by atoms with Crippen molar-refractivity contribution in [3.63, 3.8) is 0 Å². The molecule has 4 aromatic rings. The van der Waals surface area contributed by atoms with E-state index in [2.05, 4.69) is 22.8 Å². The summed E-state index contributed by atoms with van der Waals surface area (Å²) < 4.78 is 11.4. The van der Waals surface area contributed by atoms with E-state index in [-0.39, 0.29) is 24.8 Å². The smallest absolute Gasteiger partial charge is 0.408 e. The van der Waals surface area contributed by atoms with Crippen LogP contribution in [-0.2, 0) is 40.4 Å². The summed E-state index contributed by atoms with van der Waals surface area (Å²) in [5.41, 5.74) is 3.97. The number of nitrogens with one attached hydrogen (secondary N) is 2. The van der Waals surface area contributed by atoms with Crippen LogP contribution >= 0.6 is 0 Å². The predicted octanol–water partition coefficient (Wildman–Crippen LogP) is 5.84. The third kappa shape index (κ3) is 9.69. The molecule has 0 aromatic heterocycles. The molecule has 1 heterocycles. The Labute approximate surface area is 270 Å². The van der Waals surface area contributed by atoms with Crippen molar-refractivity contribution in [1.82, 2.24) is 15.5 Å². The Balaban J connectivity index is 1.21. The number of carbonyl (C=O) groups excluding carboxylic acids is 3. The van der Waals surface area contributed by atoms with Gasteiger partial charge in [0.15, 0.2) is 0 Å². The van der Waals surface area contributed by atoms with Crippen molar-refractivity contribution in [2.45, 2.75) is 57.4 Å². The highest BCUT2D eigenvalue weighted by atomic mass is 16.5. The van der Waals surface area contributed by atoms with Crippen molar-refractivity contribution < 1.29 is 23.9 Å². The quantitative estimate of drug-likeness (QED) is 0.173. The second-order valence-corrected chi connectivity index (χ2v) is 11.5. The molecular formula is C38H41N3O5. The topological polar surface area (TPSA) is 97.0 Å². The molecule has 1 fully saturated rings. The van der Waals surface area contributed by atoms with Crippen LogP contribution in [0.3, 0.4) is 0 Å². The van der Waals surface area contributed by atoms with Crippen molar-refractivity contribution in [2.75, 3.05) is 13.1 Å². The first-order valence-electron chi connectivity index (χ1n) is 15.9. The van der Waals surface area contributed by atoms with Gasteiger partial charge in [-0.2, -0.15) is 0 Å². The molecule has 2 N–H and O–H groups in total. The molecule has 46 heavy (non-hydrogen) atoms. The number of hydrogen-bond acceptors (Lipinski definition) is 5. The number of amides is 3. The zero-order valence-electron chi connectivity index (χ0n) is 26.0. The van der Waals surface area contributed by atoms with Crippen molar-refractivity contribution in [1.29, 1.82) is 0 Å². The summed E-state index contributed by atoms with van der Waals surface area (Å²) in [5, 5.41) is 5.81. The van der Waals surface area contributed by atoms with Crippen LogP contribution in [-0.4, -0.2) is 48.0 Å². The maximum Gasteiger partial charge on any atom is 0.408 e. The third-order valence-electron chi connectivity index (χ3n) is 8.04. The lowest BCUT2D eigenvalue weighted by Crippen LogP contribution is -2.54. The van der Waals surface area contributed by atoms with Crippen molar-refractivity contribution in [3.8, 4) is 5.75 Å². The summed E-state index contributed by atoms with van der Waals surface area (Å²) >= 11 is 0. The van der Waals surface area contributed by atoms with Gasteiger partial charge in [-0.15, -0.1) is 0 Å². The van der Waals surface area contributed by atoms with Gasteiger partial charge in [-0.3, -0.25) is 9.59 Å². The Kier molecular flexibility index (Phi) is 11.8. The minimum absolute atomic E-state index is 0.0821. The summed E-state index contributed by atoms with van der Waals surface area (Å²) in [7, 11) is 0. The first kappa shape index (κ1) is 32.3. The maximum absolute atomic E-state index is 14.0. The fourth-order valence-corrected chi connectivity index (χ4v) is 5.58. The molecule has 0 aliphatic carbocycles. The lowest BCUT2D eigenvalue weighted by molar-refractivity contribution is -0.139. The van der Waals surface area contributed by atoms with Gasteiger partial charge in [-0.1, -0.05) is 103 Å². The minimum atomic E-state index is -0.911. The Bertz CT molecular complexity index is 1530. The largest absolute Gasteiger partial charge is 0.489 e. The molecule has 8 heteroatoms. The monoisotopic (exact) mass is 619 g/mol. The van der Waals surface area contributed by atoms with E-state index in [9.17, 15) is 14.4 Å². The molecule has 0 spiro atoms. The van der Waals surface area contributed by atoms with E-state index in [1.807, 2.05) is 103 Å². The highest BCUT2D eigenvalue weighted by molar-refractivity contribution is 5.92. The first-order valence-corrected chi connectivity index (χ1v) is 15.9. The highest BCUT2D eigenvalue weighted by Crippen LogP contribution is 2.21. The normalized spacial score (nSPS) is 14.7. The van der Waals surface area contributed by atoms with Crippen LogP contribution in [0.5, 0.6) is 5.75 Å². The van der Waals surface area contributed by atoms with Gasteiger partial charge in [0, 0.05) is 19.5 Å². The molecule has 2 atom stereocenters. The Morgan fingerprint density at radius 1 is 0.739 bits per heavy atom. The van der Waals surface area contributed by atoms with E-state index >= 15 is 0 Å². The van der Waals surface area contributed by atoms with Crippen molar-refractivity contribution in [3.05, 3.63) is 138 Å². The van der Waals surface area contributed by atoms with Crippen molar-refractivity contribution in [2.24, 2.45) is 0 Å². The van der Waals surface area contributed by atoms with E-state index in [1.165, 1.54) is 5.56 Å². The van der Waals surface area contributed by atoms with Gasteiger partial charge in [0.05, 0.1) is 0 Å². The van der Waals surface area contributed by atoms with Crippen LogP contribution in [0.4, 0.5) is 4.79 Å². The number of benzene rings is 4. The molecule has 238 valence electrons. The number of likely N-dealkylation sites (tertiary alicyclic amines) is 1. The Hall–Kier alpha value is -5.11. The standard InChI is InChI=1S/C38H41N3O5/c42-36(39-24-10-18-29-12-4-1-5-13-29)35-19-11-25-41(35)37(43)34(40-38(44)46-28-32-16-8-3-9-17-32)26-30-20-22-33(23-21-30)45-27-31-14-6-2-7-15-31/h1-9,12-17,20-23,34-35H,10-11,18-19,24-28H2,(H,39,42)(H,40,44)/t34-,35-/m0/s1. The second kappa shape index (κ2) is 16.8. The zero-order chi connectivity index (χ0) is 32.0. The summed E-state index contributed by atoms with van der Waals surface area (Å²) in [6, 6.07) is 35.4. The van der Waals surface area contributed by atoms with Crippen LogP contribution in [0, 0.1) is 0 Å². The number of nitrogens with zero attached hydrogens (tertiary/aromatic N) is 1. The molecule has 1 saturated heterocycles. The maximum atomic E-state index is 14.0. The van der Waals surface area contributed by atoms with Crippen LogP contribution in [0.1, 0.15) is 41.5 Å². The first-order chi connectivity index (χ1) is 22.5. The van der Waals surface area contributed by atoms with Gasteiger partial charge in [-0.05, 0) is 60.1 Å². The van der Waals surface area contributed by atoms with Crippen molar-refractivity contribution >= 4 is 17.9 Å². The average molecular weight is 620 g/mol. The summed E-state index contributed by atoms with van der Waals surface area (Å²) in [6.45, 7) is 1.50. The summed E-state index contributed by atoms with van der Waals surface area (Å²) in [4.78, 5) is 41.7. The van der Waals surface area contributed by atoms with E-state index in [4.69, 9.17) is 9.47 Å². The van der Waals surface area contributed by atoms with Gasteiger partial charge in [0.2, 0.25) is 11.8 Å². The molecule has 0 radical (unpaired) electrons. The average Bonchev–Trinajstić information content (AvgIpc) is 3.60. The van der Waals surface area contributed by atoms with Gasteiger partial charge in [0.25, 0.3) is 0 Å². The highest BCUT2D eigenvalue weighted by Gasteiger charge is 2.37. The fourth-order valence-electron chi connectivity index (χ4n) is 5.58. The molecule has 3 amide bonds. The lowest BCUT2D eigenvalue weighted by Gasteiger charge is -2.28. The van der Waals surface area contributed by atoms with Gasteiger partial charge in [-0.25, -0.2) is 4.79 Å². The minimum Gasteiger partial charge on any atom is -0.489 e. The molecule has 0 unspecified atom stereocenters. The summed E-state index contributed by atoms with van der Waals surface area (Å²) in [6.07, 6.45) is 2.51. The van der Waals surface area contributed by atoms with E-state index in [1.54, 1.807) is 4.90 Å². The van der Waals surface area contributed by atoms with Gasteiger partial charge < -0.3 is 25.0 Å². The predicted molar refractivity (Wildman–Crippen MR) is 177 cm³/mol. The van der Waals surface area contributed by atoms with Crippen LogP contribution < -0.4 is 15.4 Å². The third-order valence-corrected chi connectivity index (χ3v) is 8.04. The Morgan fingerprint density at radius 3 is 2.00 bits per heavy atom. The number of alkyl carbamates (subject to hydrolysis) is 1. The molecule has 8 nitrogen and oxygen atoms in total. The van der Waals surface area contributed by atoms with Gasteiger partial charge in [0.1, 0.15) is 31.0 Å². The number of rotatable bonds is 14. The lowest BCUT2D eigenvalue weighted by atomic mass is 10.0. The number of carbonyl (C=O) groups is 3. The molecule has 0 saturated carbocycles. The number of aryl methyl sites for hydroxylation is 1. The molecule has 5 rings (SSSR count). The van der Waals surface area contributed by atoms with E-state index in [0.717, 1.165) is 29.5 Å². The van der Waals surface area contributed by atoms with Crippen LogP contribution in [0.15, 0.2) is 115 Å². The second-order valence-electron chi connectivity index (χ2n) is 11.5. The SMILES string of the molecule is O=C(N[C@@H](Cc1ccc(OCc2ccccc2)cc1)C(=O)N1CCC[C@H]1C(=O)NCCCc1ccccc1)OCc1ccccc1. The van der Waals surface area contributed by atoms with Gasteiger partial charge >= 0.3 is 6.09 Å². The molecular weight excluding hydrogens is 578 g/mol. The molecule has 1 aliphatic heterocycles. The molecule has 0 bridgehead atoms. The number of hydrogen-bond donors (Lipinski definition) is 2. The van der Waals surface area contributed by atoms with Crippen LogP contribution in [0.25, 0.3) is 0 Å². The van der Waals surface area contributed by atoms with Crippen LogP contribution in [0.2, 0.25) is 0 Å².